The third-order valence-electron chi connectivity index (χ3n) is 5.63. The van der Waals surface area contributed by atoms with Gasteiger partial charge in [0.1, 0.15) is 12.4 Å². The molecular formula is C24H20N8O3S. The van der Waals surface area contributed by atoms with Crippen LogP contribution in [-0.4, -0.2) is 34.0 Å². The van der Waals surface area contributed by atoms with Crippen molar-refractivity contribution < 1.29 is 13.2 Å². The van der Waals surface area contributed by atoms with Gasteiger partial charge in [-0.3, -0.25) is 4.72 Å². The maximum absolute atomic E-state index is 13.0. The molecule has 0 aliphatic rings. The van der Waals surface area contributed by atoms with Gasteiger partial charge in [0.15, 0.2) is 5.65 Å². The van der Waals surface area contributed by atoms with Crippen LogP contribution in [0, 0.1) is 18.3 Å². The maximum Gasteiger partial charge on any atom is 0.319 e. The summed E-state index contributed by atoms with van der Waals surface area (Å²) in [7, 11) is -3.88. The largest absolute Gasteiger partial charge is 0.358 e. The summed E-state index contributed by atoms with van der Waals surface area (Å²) in [6, 6.07) is 14.8. The van der Waals surface area contributed by atoms with Gasteiger partial charge in [0.05, 0.1) is 33.5 Å². The minimum Gasteiger partial charge on any atom is -0.358 e. The van der Waals surface area contributed by atoms with E-state index in [1.807, 2.05) is 6.92 Å². The molecule has 3 heterocycles. The summed E-state index contributed by atoms with van der Waals surface area (Å²) in [5, 5.41) is 19.5. The van der Waals surface area contributed by atoms with E-state index in [2.05, 4.69) is 36.5 Å². The number of amides is 2. The molecular weight excluding hydrogens is 480 g/mol. The molecule has 0 radical (unpaired) electrons. The van der Waals surface area contributed by atoms with Crippen molar-refractivity contribution in [1.29, 1.82) is 5.26 Å². The number of fused-ring (bicyclic) bond motifs is 2. The predicted molar refractivity (Wildman–Crippen MR) is 134 cm³/mol. The van der Waals surface area contributed by atoms with Crippen LogP contribution in [0.5, 0.6) is 0 Å². The first-order valence-electron chi connectivity index (χ1n) is 10.8. The highest BCUT2D eigenvalue weighted by atomic mass is 32.2. The Labute approximate surface area is 205 Å². The number of carbonyl (C=O) groups is 1. The fourth-order valence-electron chi connectivity index (χ4n) is 3.83. The molecule has 0 bridgehead atoms. The fraction of sp³-hybridized carbons (Fsp3) is 0.0833. The van der Waals surface area contributed by atoms with Crippen LogP contribution >= 0.6 is 0 Å². The number of sulfonamides is 1. The highest BCUT2D eigenvalue weighted by Crippen LogP contribution is 2.30. The number of rotatable bonds is 6. The Morgan fingerprint density at radius 1 is 1.14 bits per heavy atom. The minimum atomic E-state index is -3.88. The van der Waals surface area contributed by atoms with Crippen LogP contribution in [0.3, 0.4) is 0 Å². The lowest BCUT2D eigenvalue weighted by Gasteiger charge is -2.11. The molecule has 0 fully saturated rings. The Morgan fingerprint density at radius 2 is 1.94 bits per heavy atom. The van der Waals surface area contributed by atoms with E-state index < -0.39 is 16.1 Å². The number of H-pyrrole nitrogens is 1. The molecule has 180 valence electrons. The number of nitrogens with zero attached hydrogens (tertiary/aromatic N) is 4. The number of benzene rings is 2. The van der Waals surface area contributed by atoms with Crippen molar-refractivity contribution >= 4 is 44.0 Å². The van der Waals surface area contributed by atoms with Crippen molar-refractivity contribution in [3.63, 3.8) is 0 Å². The maximum atomic E-state index is 13.0. The fourth-order valence-corrected chi connectivity index (χ4v) is 4.90. The topological polar surface area (TPSA) is 157 Å². The molecule has 11 nitrogen and oxygen atoms in total. The van der Waals surface area contributed by atoms with Crippen LogP contribution in [0.15, 0.2) is 72.1 Å². The van der Waals surface area contributed by atoms with Crippen molar-refractivity contribution in [1.82, 2.24) is 24.9 Å². The summed E-state index contributed by atoms with van der Waals surface area (Å²) >= 11 is 0. The zero-order valence-corrected chi connectivity index (χ0v) is 19.8. The Morgan fingerprint density at radius 3 is 2.72 bits per heavy atom. The first-order valence-corrected chi connectivity index (χ1v) is 12.3. The molecule has 0 aliphatic heterocycles. The summed E-state index contributed by atoms with van der Waals surface area (Å²) in [5.74, 6) is 0. The predicted octanol–water partition coefficient (Wildman–Crippen LogP) is 3.51. The average Bonchev–Trinajstić information content (AvgIpc) is 3.52. The Balaban J connectivity index is 1.24. The molecule has 12 heteroatoms. The van der Waals surface area contributed by atoms with Gasteiger partial charge in [-0.25, -0.2) is 22.7 Å². The van der Waals surface area contributed by atoms with E-state index >= 15 is 0 Å². The molecule has 2 amide bonds. The van der Waals surface area contributed by atoms with Crippen LogP contribution < -0.4 is 15.4 Å². The Bertz CT molecular complexity index is 1750. The lowest BCUT2D eigenvalue weighted by Crippen LogP contribution is -2.28. The molecule has 3 aromatic heterocycles. The van der Waals surface area contributed by atoms with Gasteiger partial charge in [-0.15, -0.1) is 0 Å². The van der Waals surface area contributed by atoms with E-state index in [1.165, 1.54) is 18.5 Å². The van der Waals surface area contributed by atoms with Crippen LogP contribution in [0.2, 0.25) is 0 Å². The standard InChI is InChI=1S/C24H20N8O3S/c1-15-2-8-20(23-22(15)17(10-25)12-26-23)31-36(34,35)19-6-3-16(4-7-19)11-27-24(33)30-18-5-9-21-28-14-29-32(21)13-18/h2-9,12-14,26,31H,11H2,1H3,(H2,27,30,33). The second kappa shape index (κ2) is 9.05. The normalized spacial score (nSPS) is 11.3. The first-order chi connectivity index (χ1) is 17.3. The van der Waals surface area contributed by atoms with Crippen molar-refractivity contribution in [3.8, 4) is 6.07 Å². The van der Waals surface area contributed by atoms with Crippen LogP contribution in [0.1, 0.15) is 16.7 Å². The van der Waals surface area contributed by atoms with Gasteiger partial charge >= 0.3 is 6.03 Å². The number of aryl methyl sites for hydroxylation is 1. The number of aromatic amines is 1. The van der Waals surface area contributed by atoms with E-state index in [0.717, 1.165) is 11.1 Å². The van der Waals surface area contributed by atoms with E-state index in [-0.39, 0.29) is 11.4 Å². The van der Waals surface area contributed by atoms with E-state index in [4.69, 9.17) is 0 Å². The second-order valence-corrected chi connectivity index (χ2v) is 9.71. The average molecular weight is 501 g/mol. The highest BCUT2D eigenvalue weighted by molar-refractivity contribution is 7.92. The number of hydrogen-bond donors (Lipinski definition) is 4. The first kappa shape index (κ1) is 22.9. The quantitative estimate of drug-likeness (QED) is 0.279. The van der Waals surface area contributed by atoms with Gasteiger partial charge in [0.25, 0.3) is 10.0 Å². The number of pyridine rings is 1. The molecule has 0 atom stereocenters. The van der Waals surface area contributed by atoms with Crippen molar-refractivity contribution in [2.24, 2.45) is 0 Å². The number of carbonyl (C=O) groups excluding carboxylic acids is 1. The molecule has 0 unspecified atom stereocenters. The third-order valence-corrected chi connectivity index (χ3v) is 7.01. The molecule has 36 heavy (non-hydrogen) atoms. The Kier molecular flexibility index (Phi) is 5.75. The van der Waals surface area contributed by atoms with Crippen molar-refractivity contribution in [2.75, 3.05) is 10.0 Å². The second-order valence-electron chi connectivity index (χ2n) is 8.03. The zero-order valence-electron chi connectivity index (χ0n) is 19.0. The molecule has 0 saturated heterocycles. The number of urea groups is 1. The van der Waals surface area contributed by atoms with E-state index in [1.54, 1.807) is 53.3 Å². The molecule has 5 rings (SSSR count). The number of hydrogen-bond acceptors (Lipinski definition) is 6. The van der Waals surface area contributed by atoms with Crippen LogP contribution in [0.4, 0.5) is 16.2 Å². The highest BCUT2D eigenvalue weighted by Gasteiger charge is 2.18. The monoisotopic (exact) mass is 500 g/mol. The smallest absolute Gasteiger partial charge is 0.319 e. The van der Waals surface area contributed by atoms with Crippen molar-refractivity contribution in [3.05, 3.63) is 83.9 Å². The molecule has 4 N–H and O–H groups in total. The molecule has 5 aromatic rings. The zero-order chi connectivity index (χ0) is 25.3. The van der Waals surface area contributed by atoms with Crippen LogP contribution in [-0.2, 0) is 16.6 Å². The number of aromatic nitrogens is 4. The minimum absolute atomic E-state index is 0.0672. The lowest BCUT2D eigenvalue weighted by atomic mass is 10.1. The number of anilines is 2. The SMILES string of the molecule is Cc1ccc(NS(=O)(=O)c2ccc(CNC(=O)Nc3ccc4ncnn4c3)cc2)c2[nH]cc(C#N)c12. The third kappa shape index (κ3) is 4.42. The Hall–Kier alpha value is -4.89. The number of nitrogens with one attached hydrogen (secondary N) is 4. The van der Waals surface area contributed by atoms with Gasteiger partial charge in [-0.05, 0) is 48.4 Å². The molecule has 0 saturated carbocycles. The van der Waals surface area contributed by atoms with Crippen molar-refractivity contribution in [2.45, 2.75) is 18.4 Å². The van der Waals surface area contributed by atoms with Gasteiger partial charge in [0.2, 0.25) is 0 Å². The summed E-state index contributed by atoms with van der Waals surface area (Å²) in [6.07, 6.45) is 4.62. The molecule has 0 spiro atoms. The molecule has 2 aromatic carbocycles. The van der Waals surface area contributed by atoms with Gasteiger partial charge < -0.3 is 15.6 Å². The summed E-state index contributed by atoms with van der Waals surface area (Å²) in [6.45, 7) is 2.06. The van der Waals surface area contributed by atoms with Gasteiger partial charge in [-0.1, -0.05) is 18.2 Å². The number of nitriles is 1. The summed E-state index contributed by atoms with van der Waals surface area (Å²) in [4.78, 5) is 19.3. The van der Waals surface area contributed by atoms with Gasteiger partial charge in [0, 0.05) is 18.1 Å². The summed E-state index contributed by atoms with van der Waals surface area (Å²) in [5.41, 5.74) is 4.14. The summed E-state index contributed by atoms with van der Waals surface area (Å²) < 4.78 is 30.1. The van der Waals surface area contributed by atoms with E-state index in [0.29, 0.717) is 33.5 Å². The van der Waals surface area contributed by atoms with Crippen LogP contribution in [0.25, 0.3) is 16.6 Å². The molecule has 0 aliphatic carbocycles. The van der Waals surface area contributed by atoms with E-state index in [9.17, 15) is 18.5 Å². The van der Waals surface area contributed by atoms with Gasteiger partial charge in [-0.2, -0.15) is 10.4 Å². The lowest BCUT2D eigenvalue weighted by molar-refractivity contribution is 0.251.